The van der Waals surface area contributed by atoms with E-state index in [9.17, 15) is 32.0 Å². The lowest BCUT2D eigenvalue weighted by Crippen LogP contribution is -2.58. The number of rotatable bonds is 8. The van der Waals surface area contributed by atoms with Crippen molar-refractivity contribution >= 4 is 56.0 Å². The van der Waals surface area contributed by atoms with Crippen LogP contribution in [-0.2, 0) is 30.8 Å². The first-order valence-electron chi connectivity index (χ1n) is 18.2. The Hall–Kier alpha value is -4.44. The number of nitrogens with one attached hydrogen (secondary N) is 3. The number of carbonyl (C=O) groups excluding carboxylic acids is 4. The fraction of sp³-hybridized carbons (Fsp3) is 0.514. The molecule has 53 heavy (non-hydrogen) atoms. The molecule has 3 aromatic rings. The summed E-state index contributed by atoms with van der Waals surface area (Å²) in [7, 11) is -3.90. The molecule has 7 rings (SSSR count). The van der Waals surface area contributed by atoms with Gasteiger partial charge >= 0.3 is 0 Å². The van der Waals surface area contributed by atoms with Crippen molar-refractivity contribution in [3.05, 3.63) is 63.7 Å². The van der Waals surface area contributed by atoms with Gasteiger partial charge in [-0.15, -0.1) is 11.3 Å². The van der Waals surface area contributed by atoms with E-state index in [4.69, 9.17) is 4.74 Å². The molecule has 2 aliphatic heterocycles. The predicted molar refractivity (Wildman–Crippen MR) is 195 cm³/mol. The number of hydrogen-bond acceptors (Lipinski definition) is 10. The molecule has 282 valence electrons. The minimum atomic E-state index is -3.90. The smallest absolute Gasteiger partial charge is 0.262 e. The Labute approximate surface area is 311 Å². The molecule has 4 heterocycles. The number of halogens is 1. The van der Waals surface area contributed by atoms with Crippen molar-refractivity contribution in [1.82, 2.24) is 30.2 Å². The molecule has 3 N–H and O–H groups in total. The number of benzene rings is 1. The van der Waals surface area contributed by atoms with Gasteiger partial charge in [0.05, 0.1) is 27.7 Å². The van der Waals surface area contributed by atoms with Crippen LogP contribution in [0, 0.1) is 18.7 Å². The Morgan fingerprint density at radius 2 is 1.91 bits per heavy atom. The number of carbonyl (C=O) groups is 4. The zero-order chi connectivity index (χ0) is 37.5. The summed E-state index contributed by atoms with van der Waals surface area (Å²) in [6.45, 7) is 3.71. The largest absolute Gasteiger partial charge is 0.471 e. The van der Waals surface area contributed by atoms with Gasteiger partial charge in [0.1, 0.15) is 35.2 Å². The number of ether oxygens (including phenoxy) is 1. The van der Waals surface area contributed by atoms with E-state index < -0.39 is 74.4 Å². The SMILES string of the molecule is CCc1nc2ccc(F)cc2nc1O[C@@H]1C[C@H]2C(=O)N[C@]3(C(=O)NS(=O)(=O)C4CC4)C[C@H]3/C=C\CCCCC[C@H](NC(=O)c3ccc(C)s3)C(=O)N2C1. The Bertz CT molecular complexity index is 2090. The molecule has 2 saturated carbocycles. The second-order valence-corrected chi connectivity index (χ2v) is 17.6. The third kappa shape index (κ3) is 7.93. The fourth-order valence-corrected chi connectivity index (χ4v) is 9.30. The maximum absolute atomic E-state index is 14.5. The summed E-state index contributed by atoms with van der Waals surface area (Å²) in [5.74, 6) is -3.09. The molecule has 16 heteroatoms. The maximum Gasteiger partial charge on any atom is 0.262 e. The number of fused-ring (bicyclic) bond motifs is 3. The molecule has 4 amide bonds. The molecular weight excluding hydrogens is 724 g/mol. The molecule has 0 spiro atoms. The Balaban J connectivity index is 1.20. The van der Waals surface area contributed by atoms with Crippen LogP contribution in [-0.4, -0.2) is 82.4 Å². The summed E-state index contributed by atoms with van der Waals surface area (Å²) in [4.78, 5) is 67.9. The van der Waals surface area contributed by atoms with Gasteiger partial charge in [0.25, 0.3) is 11.8 Å². The Morgan fingerprint density at radius 1 is 1.09 bits per heavy atom. The minimum absolute atomic E-state index is 0.00690. The van der Waals surface area contributed by atoms with Crippen LogP contribution in [0.1, 0.15) is 85.0 Å². The first kappa shape index (κ1) is 36.9. The number of thiophene rings is 1. The quantitative estimate of drug-likeness (QED) is 0.288. The van der Waals surface area contributed by atoms with Crippen LogP contribution < -0.4 is 20.1 Å². The van der Waals surface area contributed by atoms with Crippen molar-refractivity contribution in [2.75, 3.05) is 6.54 Å². The van der Waals surface area contributed by atoms with Crippen LogP contribution in [0.3, 0.4) is 0 Å². The minimum Gasteiger partial charge on any atom is -0.471 e. The molecule has 3 fully saturated rings. The zero-order valence-corrected chi connectivity index (χ0v) is 31.2. The highest BCUT2D eigenvalue weighted by molar-refractivity contribution is 7.91. The van der Waals surface area contributed by atoms with Crippen molar-refractivity contribution in [3.8, 4) is 5.88 Å². The van der Waals surface area contributed by atoms with E-state index in [-0.39, 0.29) is 30.8 Å². The summed E-state index contributed by atoms with van der Waals surface area (Å²) < 4.78 is 48.3. The molecule has 5 atom stereocenters. The van der Waals surface area contributed by atoms with Crippen LogP contribution in [0.25, 0.3) is 11.0 Å². The first-order chi connectivity index (χ1) is 25.4. The van der Waals surface area contributed by atoms with E-state index in [2.05, 4.69) is 25.3 Å². The van der Waals surface area contributed by atoms with Crippen molar-refractivity contribution in [2.45, 2.75) is 107 Å². The number of hydrogen-bond donors (Lipinski definition) is 3. The molecular formula is C37H43FN6O7S2. The number of aryl methyl sites for hydroxylation is 2. The molecule has 0 radical (unpaired) electrons. The normalized spacial score (nSPS) is 27.1. The van der Waals surface area contributed by atoms with Crippen LogP contribution in [0.15, 0.2) is 42.5 Å². The monoisotopic (exact) mass is 766 g/mol. The second kappa shape index (κ2) is 14.8. The van der Waals surface area contributed by atoms with Gasteiger partial charge in [0, 0.05) is 23.3 Å². The van der Waals surface area contributed by atoms with Gasteiger partial charge in [-0.25, -0.2) is 22.8 Å². The molecule has 4 aliphatic rings. The highest BCUT2D eigenvalue weighted by atomic mass is 32.2. The molecule has 2 aromatic heterocycles. The number of aromatic nitrogens is 2. The van der Waals surface area contributed by atoms with E-state index in [1.54, 1.807) is 6.07 Å². The van der Waals surface area contributed by atoms with E-state index in [0.717, 1.165) is 17.7 Å². The maximum atomic E-state index is 14.5. The zero-order valence-electron chi connectivity index (χ0n) is 29.6. The molecule has 13 nitrogen and oxygen atoms in total. The van der Waals surface area contributed by atoms with E-state index >= 15 is 0 Å². The lowest BCUT2D eigenvalue weighted by molar-refractivity contribution is -0.141. The number of allylic oxidation sites excluding steroid dienone is 1. The first-order valence-corrected chi connectivity index (χ1v) is 20.6. The van der Waals surface area contributed by atoms with Gasteiger partial charge in [-0.2, -0.15) is 0 Å². The van der Waals surface area contributed by atoms with Crippen molar-refractivity contribution in [2.24, 2.45) is 5.92 Å². The van der Waals surface area contributed by atoms with E-state index in [1.165, 1.54) is 34.4 Å². The lowest BCUT2D eigenvalue weighted by atomic mass is 10.0. The van der Waals surface area contributed by atoms with Gasteiger partial charge in [-0.3, -0.25) is 23.9 Å². The van der Waals surface area contributed by atoms with Gasteiger partial charge < -0.3 is 20.3 Å². The molecule has 0 unspecified atom stereocenters. The standard InChI is InChI=1S/C37H43FN6O7S2/c1-3-26-34(41-29-17-23(38)12-15-27(29)39-26)51-24-18-30-32(45)42-37(36(48)43-53(49,50)25-13-14-25)19-22(37)9-7-5-4-6-8-10-28(35(47)44(30)20-24)40-33(46)31-16-11-21(2)52-31/h7,9,11-12,15-17,22,24-25,28,30H,3-6,8,10,13-14,18-20H2,1-2H3,(H,40,46)(H,42,45)(H,43,48)/b9-7-/t22-,24-,28+,30+,37-/m1/s1. The number of sulfonamides is 1. The summed E-state index contributed by atoms with van der Waals surface area (Å²) in [5.41, 5.74) is -0.227. The van der Waals surface area contributed by atoms with Crippen LogP contribution >= 0.6 is 11.3 Å². The van der Waals surface area contributed by atoms with Crippen LogP contribution in [0.4, 0.5) is 4.39 Å². The predicted octanol–water partition coefficient (Wildman–Crippen LogP) is 3.85. The number of amides is 4. The molecule has 2 aliphatic carbocycles. The van der Waals surface area contributed by atoms with Gasteiger partial charge in [-0.05, 0) is 76.1 Å². The topological polar surface area (TPSA) is 177 Å². The third-order valence-electron chi connectivity index (χ3n) is 10.4. The highest BCUT2D eigenvalue weighted by Crippen LogP contribution is 2.46. The Kier molecular flexibility index (Phi) is 10.3. The van der Waals surface area contributed by atoms with Crippen LogP contribution in [0.2, 0.25) is 0 Å². The average molecular weight is 767 g/mol. The lowest BCUT2D eigenvalue weighted by Gasteiger charge is -2.29. The third-order valence-corrected chi connectivity index (χ3v) is 13.2. The average Bonchev–Trinajstić information content (AvgIpc) is 4.01. The molecule has 0 bridgehead atoms. The van der Waals surface area contributed by atoms with Gasteiger partial charge in [0.2, 0.25) is 27.7 Å². The molecule has 1 aromatic carbocycles. The van der Waals surface area contributed by atoms with Crippen LogP contribution in [0.5, 0.6) is 5.88 Å². The fourth-order valence-electron chi connectivity index (χ4n) is 7.16. The summed E-state index contributed by atoms with van der Waals surface area (Å²) >= 11 is 1.31. The summed E-state index contributed by atoms with van der Waals surface area (Å²) in [5, 5.41) is 5.14. The van der Waals surface area contributed by atoms with Crippen molar-refractivity contribution < 1.29 is 36.7 Å². The van der Waals surface area contributed by atoms with Gasteiger partial charge in [0.15, 0.2) is 0 Å². The molecule has 1 saturated heterocycles. The van der Waals surface area contributed by atoms with E-state index in [0.29, 0.717) is 54.6 Å². The van der Waals surface area contributed by atoms with Crippen molar-refractivity contribution in [3.63, 3.8) is 0 Å². The van der Waals surface area contributed by atoms with Gasteiger partial charge in [-0.1, -0.05) is 31.9 Å². The van der Waals surface area contributed by atoms with Crippen molar-refractivity contribution in [1.29, 1.82) is 0 Å². The number of nitrogens with zero attached hydrogens (tertiary/aromatic N) is 3. The highest BCUT2D eigenvalue weighted by Gasteiger charge is 2.62. The second-order valence-electron chi connectivity index (χ2n) is 14.4. The van der Waals surface area contributed by atoms with E-state index in [1.807, 2.05) is 32.1 Å². The summed E-state index contributed by atoms with van der Waals surface area (Å²) in [6.07, 6.45) is 7.85. The Morgan fingerprint density at radius 3 is 2.64 bits per heavy atom. The summed E-state index contributed by atoms with van der Waals surface area (Å²) in [6, 6.07) is 5.53.